The first-order valence-corrected chi connectivity index (χ1v) is 7.26. The van der Waals surface area contributed by atoms with Gasteiger partial charge in [-0.05, 0) is 49.9 Å². The highest BCUT2D eigenvalue weighted by atomic mass is 16.5. The van der Waals surface area contributed by atoms with Crippen LogP contribution in [0.25, 0.3) is 0 Å². The lowest BCUT2D eigenvalue weighted by Gasteiger charge is -2.17. The van der Waals surface area contributed by atoms with Crippen molar-refractivity contribution in [1.29, 1.82) is 0 Å². The molecule has 0 aliphatic heterocycles. The Labute approximate surface area is 116 Å². The Kier molecular flexibility index (Phi) is 5.23. The molecule has 0 spiro atoms. The van der Waals surface area contributed by atoms with Crippen LogP contribution in [0.3, 0.4) is 0 Å². The van der Waals surface area contributed by atoms with Gasteiger partial charge in [-0.15, -0.1) is 0 Å². The molecule has 3 nitrogen and oxygen atoms in total. The Hall–Kier alpha value is -1.06. The van der Waals surface area contributed by atoms with Crippen LogP contribution in [0, 0.1) is 13.8 Å². The molecule has 1 aliphatic rings. The maximum atomic E-state index is 9.91. The van der Waals surface area contributed by atoms with E-state index < -0.39 is 6.10 Å². The zero-order valence-electron chi connectivity index (χ0n) is 12.0. The van der Waals surface area contributed by atoms with E-state index in [0.29, 0.717) is 19.3 Å². The number of ether oxygens (including phenoxy) is 1. The topological polar surface area (TPSA) is 41.5 Å². The van der Waals surface area contributed by atoms with Crippen LogP contribution in [0.5, 0.6) is 0 Å². The van der Waals surface area contributed by atoms with E-state index in [9.17, 15) is 5.11 Å². The van der Waals surface area contributed by atoms with Crippen LogP contribution in [0.4, 0.5) is 5.69 Å². The first-order valence-electron chi connectivity index (χ1n) is 7.26. The summed E-state index contributed by atoms with van der Waals surface area (Å²) in [6.07, 6.45) is 4.76. The minimum absolute atomic E-state index is 0.372. The molecule has 106 valence electrons. The van der Waals surface area contributed by atoms with Crippen molar-refractivity contribution in [3.8, 4) is 0 Å². The van der Waals surface area contributed by atoms with Crippen molar-refractivity contribution >= 4 is 5.69 Å². The van der Waals surface area contributed by atoms with Gasteiger partial charge in [0.25, 0.3) is 0 Å². The van der Waals surface area contributed by atoms with Crippen LogP contribution < -0.4 is 5.32 Å². The Morgan fingerprint density at radius 1 is 1.26 bits per heavy atom. The lowest BCUT2D eigenvalue weighted by atomic mass is 10.1. The van der Waals surface area contributed by atoms with E-state index in [1.165, 1.54) is 24.0 Å². The number of hydrogen-bond donors (Lipinski definition) is 2. The summed E-state index contributed by atoms with van der Waals surface area (Å²) in [6.45, 7) is 5.17. The van der Waals surface area contributed by atoms with Gasteiger partial charge >= 0.3 is 0 Å². The second-order valence-corrected chi connectivity index (χ2v) is 5.57. The van der Waals surface area contributed by atoms with E-state index in [2.05, 4.69) is 31.3 Å². The molecule has 1 aromatic carbocycles. The van der Waals surface area contributed by atoms with Crippen molar-refractivity contribution in [3.05, 3.63) is 29.3 Å². The highest BCUT2D eigenvalue weighted by Crippen LogP contribution is 2.21. The highest BCUT2D eigenvalue weighted by molar-refractivity contribution is 5.48. The molecule has 1 unspecified atom stereocenters. The molecule has 1 atom stereocenters. The number of nitrogens with one attached hydrogen (secondary N) is 1. The molecule has 0 bridgehead atoms. The van der Waals surface area contributed by atoms with Crippen LogP contribution >= 0.6 is 0 Å². The van der Waals surface area contributed by atoms with Crippen LogP contribution in [0.15, 0.2) is 18.2 Å². The average Bonchev–Trinajstić information content (AvgIpc) is 2.91. The third kappa shape index (κ3) is 4.51. The van der Waals surface area contributed by atoms with Crippen molar-refractivity contribution in [2.75, 3.05) is 18.5 Å². The van der Waals surface area contributed by atoms with Gasteiger partial charge in [-0.1, -0.05) is 18.9 Å². The normalized spacial score (nSPS) is 17.6. The summed E-state index contributed by atoms with van der Waals surface area (Å²) >= 11 is 0. The Morgan fingerprint density at radius 2 is 2.00 bits per heavy atom. The van der Waals surface area contributed by atoms with Crippen molar-refractivity contribution in [1.82, 2.24) is 0 Å². The van der Waals surface area contributed by atoms with E-state index in [1.807, 2.05) is 6.07 Å². The zero-order valence-corrected chi connectivity index (χ0v) is 12.0. The van der Waals surface area contributed by atoms with Gasteiger partial charge in [-0.25, -0.2) is 0 Å². The molecule has 1 aliphatic carbocycles. The third-order valence-electron chi connectivity index (χ3n) is 3.88. The number of aryl methyl sites for hydroxylation is 2. The number of aliphatic hydroxyl groups is 1. The zero-order chi connectivity index (χ0) is 13.7. The molecule has 0 radical (unpaired) electrons. The van der Waals surface area contributed by atoms with E-state index in [4.69, 9.17) is 4.74 Å². The maximum Gasteiger partial charge on any atom is 0.0945 e. The van der Waals surface area contributed by atoms with E-state index in [-0.39, 0.29) is 0 Å². The maximum absolute atomic E-state index is 9.91. The second-order valence-electron chi connectivity index (χ2n) is 5.57. The van der Waals surface area contributed by atoms with Gasteiger partial charge in [0, 0.05) is 12.2 Å². The van der Waals surface area contributed by atoms with Gasteiger partial charge in [-0.2, -0.15) is 0 Å². The summed E-state index contributed by atoms with van der Waals surface area (Å²) in [5.74, 6) is 0. The molecule has 2 rings (SSSR count). The molecular weight excluding hydrogens is 238 g/mol. The molecule has 0 saturated heterocycles. The standard InChI is InChI=1S/C16H25NO2/c1-12-7-8-14(9-13(12)2)17-10-15(18)11-19-16-5-3-4-6-16/h7-9,15-18H,3-6,10-11H2,1-2H3. The second kappa shape index (κ2) is 6.92. The summed E-state index contributed by atoms with van der Waals surface area (Å²) in [7, 11) is 0. The fourth-order valence-electron chi connectivity index (χ4n) is 2.45. The van der Waals surface area contributed by atoms with Gasteiger partial charge in [-0.3, -0.25) is 0 Å². The van der Waals surface area contributed by atoms with Crippen molar-refractivity contribution in [2.45, 2.75) is 51.7 Å². The summed E-state index contributed by atoms with van der Waals surface area (Å²) in [5, 5.41) is 13.2. The van der Waals surface area contributed by atoms with E-state index in [1.54, 1.807) is 0 Å². The molecule has 1 saturated carbocycles. The minimum atomic E-state index is -0.442. The van der Waals surface area contributed by atoms with E-state index >= 15 is 0 Å². The Bertz CT molecular complexity index is 400. The van der Waals surface area contributed by atoms with Gasteiger partial charge in [0.15, 0.2) is 0 Å². The number of rotatable bonds is 6. The fraction of sp³-hybridized carbons (Fsp3) is 0.625. The van der Waals surface area contributed by atoms with Crippen LogP contribution in [0.2, 0.25) is 0 Å². The lowest BCUT2D eigenvalue weighted by Crippen LogP contribution is -2.27. The van der Waals surface area contributed by atoms with Crippen molar-refractivity contribution < 1.29 is 9.84 Å². The monoisotopic (exact) mass is 263 g/mol. The van der Waals surface area contributed by atoms with Gasteiger partial charge in [0.2, 0.25) is 0 Å². The molecule has 1 fully saturated rings. The lowest BCUT2D eigenvalue weighted by molar-refractivity contribution is -0.00117. The molecule has 0 aromatic heterocycles. The SMILES string of the molecule is Cc1ccc(NCC(O)COC2CCCC2)cc1C. The van der Waals surface area contributed by atoms with Crippen molar-refractivity contribution in [2.24, 2.45) is 0 Å². The molecule has 19 heavy (non-hydrogen) atoms. The smallest absolute Gasteiger partial charge is 0.0945 e. The first kappa shape index (κ1) is 14.4. The van der Waals surface area contributed by atoms with Crippen LogP contribution in [-0.2, 0) is 4.74 Å². The molecule has 0 amide bonds. The quantitative estimate of drug-likeness (QED) is 0.829. The Morgan fingerprint density at radius 3 is 2.68 bits per heavy atom. The minimum Gasteiger partial charge on any atom is -0.389 e. The number of benzene rings is 1. The van der Waals surface area contributed by atoms with E-state index in [0.717, 1.165) is 18.5 Å². The third-order valence-corrected chi connectivity index (χ3v) is 3.88. The summed E-state index contributed by atoms with van der Waals surface area (Å²) in [5.41, 5.74) is 3.61. The molecule has 2 N–H and O–H groups in total. The predicted molar refractivity (Wildman–Crippen MR) is 78.6 cm³/mol. The summed E-state index contributed by atoms with van der Waals surface area (Å²) < 4.78 is 5.71. The van der Waals surface area contributed by atoms with Gasteiger partial charge in [0.05, 0.1) is 18.8 Å². The van der Waals surface area contributed by atoms with Crippen molar-refractivity contribution in [3.63, 3.8) is 0 Å². The highest BCUT2D eigenvalue weighted by Gasteiger charge is 2.16. The van der Waals surface area contributed by atoms with Gasteiger partial charge in [0.1, 0.15) is 0 Å². The fourth-order valence-corrected chi connectivity index (χ4v) is 2.45. The number of aliphatic hydroxyl groups excluding tert-OH is 1. The largest absolute Gasteiger partial charge is 0.389 e. The number of hydrogen-bond acceptors (Lipinski definition) is 3. The molecule has 1 aromatic rings. The predicted octanol–water partition coefficient (Wildman–Crippen LogP) is 3.04. The van der Waals surface area contributed by atoms with Gasteiger partial charge < -0.3 is 15.2 Å². The average molecular weight is 263 g/mol. The molecule has 3 heteroatoms. The van der Waals surface area contributed by atoms with Crippen LogP contribution in [0.1, 0.15) is 36.8 Å². The first-order chi connectivity index (χ1) is 9.15. The van der Waals surface area contributed by atoms with Crippen LogP contribution in [-0.4, -0.2) is 30.5 Å². The summed E-state index contributed by atoms with van der Waals surface area (Å²) in [6, 6.07) is 6.26. The number of anilines is 1. The molecular formula is C16H25NO2. The summed E-state index contributed by atoms with van der Waals surface area (Å²) in [4.78, 5) is 0. The molecule has 0 heterocycles. The Balaban J connectivity index is 1.70.